The zero-order valence-corrected chi connectivity index (χ0v) is 7.78. The second-order valence-corrected chi connectivity index (χ2v) is 2.66. The lowest BCUT2D eigenvalue weighted by molar-refractivity contribution is -0.129. The Labute approximate surface area is 88.4 Å². The molecule has 0 aliphatic rings. The number of aldehydes is 1. The summed E-state index contributed by atoms with van der Waals surface area (Å²) in [6.45, 7) is 0. The fourth-order valence-electron chi connectivity index (χ4n) is 0.828. The molecule has 0 radical (unpaired) electrons. The van der Waals surface area contributed by atoms with Crippen LogP contribution in [0.5, 0.6) is 0 Å². The zero-order valence-electron chi connectivity index (χ0n) is 7.78. The molecular weight excluding hydrogens is 222 g/mol. The predicted molar refractivity (Wildman–Crippen MR) is 51.1 cm³/mol. The fourth-order valence-corrected chi connectivity index (χ4v) is 0.828. The van der Waals surface area contributed by atoms with Crippen LogP contribution in [0.3, 0.4) is 0 Å². The van der Waals surface area contributed by atoms with E-state index >= 15 is 0 Å². The first-order valence-electron chi connectivity index (χ1n) is 4.02. The van der Waals surface area contributed by atoms with Gasteiger partial charge in [0.2, 0.25) is 5.71 Å². The Morgan fingerprint density at radius 2 is 2.12 bits per heavy atom. The van der Waals surface area contributed by atoms with E-state index in [1.807, 2.05) is 5.43 Å². The van der Waals surface area contributed by atoms with E-state index in [0.717, 1.165) is 18.2 Å². The predicted octanol–water partition coefficient (Wildman–Crippen LogP) is 1.02. The van der Waals surface area contributed by atoms with Crippen LogP contribution in [0.1, 0.15) is 0 Å². The number of carboxylic acids is 1. The number of rotatable bonds is 4. The number of benzene rings is 1. The molecule has 1 aromatic carbocycles. The van der Waals surface area contributed by atoms with Gasteiger partial charge in [-0.1, -0.05) is 0 Å². The molecular formula is C9H6F2N2O3. The van der Waals surface area contributed by atoms with Crippen LogP contribution >= 0.6 is 0 Å². The summed E-state index contributed by atoms with van der Waals surface area (Å²) in [6, 6.07) is 2.51. The standard InChI is InChI=1S/C9H6F2N2O3/c10-5-1-2-6(11)7(3-5)12-13-8(4-14)9(15)16/h1-4,12H,(H,15,16)/b13-8+. The Bertz CT molecular complexity index is 460. The molecule has 5 nitrogen and oxygen atoms in total. The van der Waals surface area contributed by atoms with Crippen molar-refractivity contribution in [2.75, 3.05) is 5.43 Å². The number of carbonyl (C=O) groups is 2. The van der Waals surface area contributed by atoms with Gasteiger partial charge in [-0.15, -0.1) is 0 Å². The molecule has 1 rings (SSSR count). The highest BCUT2D eigenvalue weighted by Crippen LogP contribution is 2.14. The largest absolute Gasteiger partial charge is 0.476 e. The van der Waals surface area contributed by atoms with Gasteiger partial charge in [-0.2, -0.15) is 5.10 Å². The lowest BCUT2D eigenvalue weighted by Crippen LogP contribution is -2.16. The van der Waals surface area contributed by atoms with E-state index in [2.05, 4.69) is 5.10 Å². The number of anilines is 1. The Kier molecular flexibility index (Phi) is 3.65. The van der Waals surface area contributed by atoms with Crippen LogP contribution in [0.2, 0.25) is 0 Å². The molecule has 0 unspecified atom stereocenters. The Morgan fingerprint density at radius 3 is 2.69 bits per heavy atom. The SMILES string of the molecule is O=C/C(=N\Nc1cc(F)ccc1F)C(=O)O. The molecule has 0 bridgehead atoms. The molecule has 0 heterocycles. The van der Waals surface area contributed by atoms with Gasteiger partial charge < -0.3 is 5.11 Å². The molecule has 16 heavy (non-hydrogen) atoms. The van der Waals surface area contributed by atoms with Crippen molar-refractivity contribution in [3.05, 3.63) is 29.8 Å². The summed E-state index contributed by atoms with van der Waals surface area (Å²) in [7, 11) is 0. The lowest BCUT2D eigenvalue weighted by Gasteiger charge is -2.01. The molecule has 0 spiro atoms. The lowest BCUT2D eigenvalue weighted by atomic mass is 10.3. The van der Waals surface area contributed by atoms with Crippen molar-refractivity contribution >= 4 is 23.7 Å². The normalized spacial score (nSPS) is 11.0. The molecule has 2 N–H and O–H groups in total. The van der Waals surface area contributed by atoms with Crippen molar-refractivity contribution in [3.63, 3.8) is 0 Å². The topological polar surface area (TPSA) is 78.8 Å². The van der Waals surface area contributed by atoms with Crippen molar-refractivity contribution in [1.82, 2.24) is 0 Å². The summed E-state index contributed by atoms with van der Waals surface area (Å²) in [5.74, 6) is -3.11. The van der Waals surface area contributed by atoms with Crippen molar-refractivity contribution in [3.8, 4) is 0 Å². The van der Waals surface area contributed by atoms with Crippen LogP contribution in [-0.2, 0) is 9.59 Å². The Hall–Kier alpha value is -2.31. The average Bonchev–Trinajstić information content (AvgIpc) is 2.23. The molecule has 0 aromatic heterocycles. The molecule has 0 aliphatic heterocycles. The maximum Gasteiger partial charge on any atom is 0.359 e. The number of carboxylic acid groups (broad SMARTS) is 1. The van der Waals surface area contributed by atoms with E-state index in [1.165, 1.54) is 0 Å². The van der Waals surface area contributed by atoms with Gasteiger partial charge in [-0.05, 0) is 12.1 Å². The van der Waals surface area contributed by atoms with E-state index in [9.17, 15) is 18.4 Å². The maximum absolute atomic E-state index is 13.0. The molecule has 0 fully saturated rings. The summed E-state index contributed by atoms with van der Waals surface area (Å²) < 4.78 is 25.7. The molecule has 84 valence electrons. The summed E-state index contributed by atoms with van der Waals surface area (Å²) in [6.07, 6.45) is -0.0213. The summed E-state index contributed by atoms with van der Waals surface area (Å²) in [4.78, 5) is 20.5. The maximum atomic E-state index is 13.0. The first-order valence-corrected chi connectivity index (χ1v) is 4.02. The number of halogens is 2. The van der Waals surface area contributed by atoms with Crippen LogP contribution in [0.25, 0.3) is 0 Å². The number of carbonyl (C=O) groups excluding carboxylic acids is 1. The number of hydrogen-bond acceptors (Lipinski definition) is 4. The zero-order chi connectivity index (χ0) is 12.1. The second kappa shape index (κ2) is 4.96. The third kappa shape index (κ3) is 2.84. The number of aliphatic carboxylic acids is 1. The average molecular weight is 228 g/mol. The third-order valence-electron chi connectivity index (χ3n) is 1.56. The monoisotopic (exact) mass is 228 g/mol. The fraction of sp³-hybridized carbons (Fsp3) is 0. The number of nitrogens with zero attached hydrogens (tertiary/aromatic N) is 1. The molecule has 0 aliphatic carbocycles. The minimum absolute atomic E-state index is 0.0213. The van der Waals surface area contributed by atoms with E-state index in [4.69, 9.17) is 5.11 Å². The van der Waals surface area contributed by atoms with Crippen molar-refractivity contribution < 1.29 is 23.5 Å². The highest BCUT2D eigenvalue weighted by Gasteiger charge is 2.08. The summed E-state index contributed by atoms with van der Waals surface area (Å²) >= 11 is 0. The van der Waals surface area contributed by atoms with Crippen molar-refractivity contribution in [1.29, 1.82) is 0 Å². The Morgan fingerprint density at radius 1 is 1.44 bits per heavy atom. The van der Waals surface area contributed by atoms with Gasteiger partial charge in [0, 0.05) is 6.07 Å². The number of hydrazone groups is 1. The third-order valence-corrected chi connectivity index (χ3v) is 1.56. The van der Waals surface area contributed by atoms with Gasteiger partial charge in [0.05, 0.1) is 5.69 Å². The summed E-state index contributed by atoms with van der Waals surface area (Å²) in [5, 5.41) is 11.5. The Balaban J connectivity index is 2.92. The second-order valence-electron chi connectivity index (χ2n) is 2.66. The number of hydrogen-bond donors (Lipinski definition) is 2. The molecule has 0 saturated carbocycles. The highest BCUT2D eigenvalue weighted by molar-refractivity contribution is 6.57. The van der Waals surface area contributed by atoms with E-state index in [-0.39, 0.29) is 12.0 Å². The van der Waals surface area contributed by atoms with Crippen LogP contribution in [0.4, 0.5) is 14.5 Å². The highest BCUT2D eigenvalue weighted by atomic mass is 19.1. The van der Waals surface area contributed by atoms with Gasteiger partial charge in [0.25, 0.3) is 0 Å². The van der Waals surface area contributed by atoms with Gasteiger partial charge in [0.15, 0.2) is 6.29 Å². The first-order chi connectivity index (χ1) is 7.54. The molecule has 1 aromatic rings. The van der Waals surface area contributed by atoms with Crippen LogP contribution < -0.4 is 5.43 Å². The van der Waals surface area contributed by atoms with Crippen LogP contribution in [-0.4, -0.2) is 23.1 Å². The van der Waals surface area contributed by atoms with Gasteiger partial charge >= 0.3 is 5.97 Å². The minimum Gasteiger partial charge on any atom is -0.476 e. The van der Waals surface area contributed by atoms with E-state index in [0.29, 0.717) is 0 Å². The van der Waals surface area contributed by atoms with Gasteiger partial charge in [-0.25, -0.2) is 13.6 Å². The van der Waals surface area contributed by atoms with Crippen LogP contribution in [0, 0.1) is 11.6 Å². The van der Waals surface area contributed by atoms with E-state index < -0.39 is 23.3 Å². The van der Waals surface area contributed by atoms with Gasteiger partial charge in [-0.3, -0.25) is 10.2 Å². The van der Waals surface area contributed by atoms with Crippen LogP contribution in [0.15, 0.2) is 23.3 Å². The molecule has 0 amide bonds. The van der Waals surface area contributed by atoms with Crippen molar-refractivity contribution in [2.45, 2.75) is 0 Å². The smallest absolute Gasteiger partial charge is 0.359 e. The quantitative estimate of drug-likeness (QED) is 0.349. The number of nitrogens with one attached hydrogen (secondary N) is 1. The van der Waals surface area contributed by atoms with E-state index in [1.54, 1.807) is 0 Å². The molecule has 7 heteroatoms. The first kappa shape index (κ1) is 11.8. The van der Waals surface area contributed by atoms with Crippen molar-refractivity contribution in [2.24, 2.45) is 5.10 Å². The van der Waals surface area contributed by atoms with Gasteiger partial charge in [0.1, 0.15) is 11.6 Å². The molecule has 0 saturated heterocycles. The minimum atomic E-state index is -1.57. The summed E-state index contributed by atoms with van der Waals surface area (Å²) in [5.41, 5.74) is 0.743. The molecule has 0 atom stereocenters.